The fourth-order valence-electron chi connectivity index (χ4n) is 4.28. The van der Waals surface area contributed by atoms with Crippen LogP contribution in [0.3, 0.4) is 0 Å². The fourth-order valence-corrected chi connectivity index (χ4v) is 5.19. The molecular formula is C22H36N4OS. The van der Waals surface area contributed by atoms with Crippen molar-refractivity contribution in [2.24, 2.45) is 10.4 Å². The van der Waals surface area contributed by atoms with Gasteiger partial charge in [-0.1, -0.05) is 25.0 Å². The van der Waals surface area contributed by atoms with Crippen molar-refractivity contribution in [3.05, 3.63) is 29.8 Å². The third-order valence-electron chi connectivity index (χ3n) is 6.13. The third kappa shape index (κ3) is 6.05. The Hall–Kier alpha value is -1.40. The number of ether oxygens (including phenoxy) is 1. The highest BCUT2D eigenvalue weighted by Gasteiger charge is 2.33. The molecule has 1 aromatic carbocycles. The van der Waals surface area contributed by atoms with E-state index in [1.165, 1.54) is 48.4 Å². The molecule has 6 heteroatoms. The normalized spacial score (nSPS) is 19.6. The summed E-state index contributed by atoms with van der Waals surface area (Å²) < 4.78 is 5.34. The maximum atomic E-state index is 5.34. The first-order chi connectivity index (χ1) is 13.7. The van der Waals surface area contributed by atoms with Crippen LogP contribution in [0.15, 0.2) is 29.3 Å². The molecule has 0 spiro atoms. The number of hydrogen-bond donors (Lipinski definition) is 2. The van der Waals surface area contributed by atoms with E-state index < -0.39 is 0 Å². The van der Waals surface area contributed by atoms with Crippen LogP contribution in [0.4, 0.5) is 5.69 Å². The summed E-state index contributed by atoms with van der Waals surface area (Å²) in [6.07, 6.45) is 6.37. The van der Waals surface area contributed by atoms with Gasteiger partial charge in [0.2, 0.25) is 0 Å². The number of guanidine groups is 1. The predicted octanol–water partition coefficient (Wildman–Crippen LogP) is 3.50. The lowest BCUT2D eigenvalue weighted by Gasteiger charge is -2.30. The van der Waals surface area contributed by atoms with Gasteiger partial charge in [-0.15, -0.1) is 0 Å². The van der Waals surface area contributed by atoms with Crippen molar-refractivity contribution in [2.45, 2.75) is 38.6 Å². The van der Waals surface area contributed by atoms with E-state index in [-0.39, 0.29) is 0 Å². The average Bonchev–Trinajstić information content (AvgIpc) is 3.22. The maximum Gasteiger partial charge on any atom is 0.191 e. The minimum absolute atomic E-state index is 0.363. The van der Waals surface area contributed by atoms with Crippen LogP contribution < -0.4 is 15.5 Å². The molecule has 5 nitrogen and oxygen atoms in total. The minimum atomic E-state index is 0.363. The number of hydrogen-bond acceptors (Lipinski definition) is 4. The minimum Gasteiger partial charge on any atom is -0.385 e. The smallest absolute Gasteiger partial charge is 0.191 e. The highest BCUT2D eigenvalue weighted by molar-refractivity contribution is 7.99. The largest absolute Gasteiger partial charge is 0.385 e. The van der Waals surface area contributed by atoms with Gasteiger partial charge in [0.15, 0.2) is 5.96 Å². The van der Waals surface area contributed by atoms with E-state index in [4.69, 9.17) is 4.74 Å². The predicted molar refractivity (Wildman–Crippen MR) is 122 cm³/mol. The molecule has 0 atom stereocenters. The molecule has 28 heavy (non-hydrogen) atoms. The summed E-state index contributed by atoms with van der Waals surface area (Å²) in [4.78, 5) is 6.90. The Morgan fingerprint density at radius 3 is 2.50 bits per heavy atom. The standard InChI is InChI=1S/C22H36N4OS/c1-23-21(25-18-22(11-14-27-2)9-3-4-10-22)24-17-19-5-7-20(8-6-19)26-12-15-28-16-13-26/h5-8H,3-4,9-18H2,1-2H3,(H2,23,24,25). The fraction of sp³-hybridized carbons (Fsp3) is 0.682. The maximum absolute atomic E-state index is 5.34. The molecule has 0 aromatic heterocycles. The van der Waals surface area contributed by atoms with Crippen LogP contribution in [0.1, 0.15) is 37.7 Å². The molecule has 1 saturated carbocycles. The van der Waals surface area contributed by atoms with Crippen molar-refractivity contribution in [1.29, 1.82) is 0 Å². The zero-order valence-electron chi connectivity index (χ0n) is 17.5. The molecule has 156 valence electrons. The first-order valence-electron chi connectivity index (χ1n) is 10.6. The van der Waals surface area contributed by atoms with E-state index in [1.54, 1.807) is 7.11 Å². The Bertz CT molecular complexity index is 607. The third-order valence-corrected chi connectivity index (χ3v) is 7.07. The van der Waals surface area contributed by atoms with E-state index in [2.05, 4.69) is 44.8 Å². The highest BCUT2D eigenvalue weighted by Crippen LogP contribution is 2.40. The van der Waals surface area contributed by atoms with E-state index in [0.29, 0.717) is 5.41 Å². The number of benzene rings is 1. The lowest BCUT2D eigenvalue weighted by Crippen LogP contribution is -2.43. The van der Waals surface area contributed by atoms with Gasteiger partial charge in [0.1, 0.15) is 0 Å². The Morgan fingerprint density at radius 1 is 1.14 bits per heavy atom. The Balaban J connectivity index is 1.47. The van der Waals surface area contributed by atoms with E-state index in [9.17, 15) is 0 Å². The number of aliphatic imine (C=N–C) groups is 1. The SMILES string of the molecule is CN=C(NCc1ccc(N2CCSCC2)cc1)NCC1(CCOC)CCCC1. The summed E-state index contributed by atoms with van der Waals surface area (Å²) in [6.45, 7) is 4.92. The van der Waals surface area contributed by atoms with Gasteiger partial charge in [-0.25, -0.2) is 0 Å². The zero-order valence-corrected chi connectivity index (χ0v) is 18.3. The lowest BCUT2D eigenvalue weighted by molar-refractivity contribution is 0.138. The Labute approximate surface area is 174 Å². The van der Waals surface area contributed by atoms with Gasteiger partial charge in [0.25, 0.3) is 0 Å². The van der Waals surface area contributed by atoms with Crippen LogP contribution in [0, 0.1) is 5.41 Å². The second-order valence-corrected chi connectivity index (χ2v) is 9.22. The molecule has 3 rings (SSSR count). The van der Waals surface area contributed by atoms with Crippen molar-refractivity contribution >= 4 is 23.4 Å². The molecule has 1 heterocycles. The molecule has 1 aliphatic heterocycles. The average molecular weight is 405 g/mol. The second-order valence-electron chi connectivity index (χ2n) is 8.00. The summed E-state index contributed by atoms with van der Waals surface area (Å²) in [5.41, 5.74) is 2.99. The molecule has 0 radical (unpaired) electrons. The van der Waals surface area contributed by atoms with Crippen LogP contribution in [0.25, 0.3) is 0 Å². The van der Waals surface area contributed by atoms with Gasteiger partial charge in [-0.3, -0.25) is 4.99 Å². The van der Waals surface area contributed by atoms with Crippen LogP contribution >= 0.6 is 11.8 Å². The van der Waals surface area contributed by atoms with E-state index in [1.807, 2.05) is 18.8 Å². The number of methoxy groups -OCH3 is 1. The monoisotopic (exact) mass is 404 g/mol. The van der Waals surface area contributed by atoms with Crippen LogP contribution in [0.5, 0.6) is 0 Å². The summed E-state index contributed by atoms with van der Waals surface area (Å²) in [7, 11) is 3.65. The lowest BCUT2D eigenvalue weighted by atomic mass is 9.83. The molecule has 1 aliphatic carbocycles. The number of nitrogens with one attached hydrogen (secondary N) is 2. The molecule has 1 aromatic rings. The zero-order chi connectivity index (χ0) is 19.7. The van der Waals surface area contributed by atoms with E-state index in [0.717, 1.165) is 45.2 Å². The highest BCUT2D eigenvalue weighted by atomic mass is 32.2. The van der Waals surface area contributed by atoms with E-state index >= 15 is 0 Å². The summed E-state index contributed by atoms with van der Waals surface area (Å²) in [5, 5.41) is 7.04. The van der Waals surface area contributed by atoms with Gasteiger partial charge >= 0.3 is 0 Å². The van der Waals surface area contributed by atoms with Crippen LogP contribution in [0.2, 0.25) is 0 Å². The Kier molecular flexibility index (Phi) is 8.34. The summed E-state index contributed by atoms with van der Waals surface area (Å²) >= 11 is 2.05. The number of rotatable bonds is 8. The molecule has 0 amide bonds. The first-order valence-corrected chi connectivity index (χ1v) is 11.8. The second kappa shape index (κ2) is 11.0. The molecule has 0 bridgehead atoms. The van der Waals surface area contributed by atoms with Crippen molar-refractivity contribution in [1.82, 2.24) is 10.6 Å². The van der Waals surface area contributed by atoms with Crippen molar-refractivity contribution in [2.75, 3.05) is 56.8 Å². The van der Waals surface area contributed by atoms with Crippen LogP contribution in [-0.2, 0) is 11.3 Å². The van der Waals surface area contributed by atoms with Gasteiger partial charge in [-0.2, -0.15) is 11.8 Å². The van der Waals surface area contributed by atoms with Crippen molar-refractivity contribution in [3.63, 3.8) is 0 Å². The van der Waals surface area contributed by atoms with Gasteiger partial charge in [-0.05, 0) is 42.4 Å². The Morgan fingerprint density at radius 2 is 1.86 bits per heavy atom. The number of anilines is 1. The number of nitrogens with zero attached hydrogens (tertiary/aromatic N) is 2. The molecule has 2 fully saturated rings. The van der Waals surface area contributed by atoms with Crippen LogP contribution in [-0.4, -0.2) is 57.9 Å². The number of thioether (sulfide) groups is 1. The van der Waals surface area contributed by atoms with Crippen molar-refractivity contribution in [3.8, 4) is 0 Å². The van der Waals surface area contributed by atoms with Crippen molar-refractivity contribution < 1.29 is 4.74 Å². The molecule has 1 saturated heterocycles. The van der Waals surface area contributed by atoms with Gasteiger partial charge in [0, 0.05) is 64.1 Å². The molecular weight excluding hydrogens is 368 g/mol. The topological polar surface area (TPSA) is 48.9 Å². The van der Waals surface area contributed by atoms with Gasteiger partial charge < -0.3 is 20.3 Å². The summed E-state index contributed by atoms with van der Waals surface area (Å²) in [6, 6.07) is 8.96. The quantitative estimate of drug-likeness (QED) is 0.513. The first kappa shape index (κ1) is 21.3. The van der Waals surface area contributed by atoms with Gasteiger partial charge in [0.05, 0.1) is 0 Å². The molecule has 0 unspecified atom stereocenters. The summed E-state index contributed by atoms with van der Waals surface area (Å²) in [5.74, 6) is 3.36. The molecule has 2 N–H and O–H groups in total. The molecule has 2 aliphatic rings.